The van der Waals surface area contributed by atoms with Crippen LogP contribution in [0, 0.1) is 65.2 Å². The van der Waals surface area contributed by atoms with Gasteiger partial charge in [0.05, 0.1) is 0 Å². The van der Waals surface area contributed by atoms with Gasteiger partial charge in [-0.2, -0.15) is 0 Å². The van der Waals surface area contributed by atoms with E-state index in [-0.39, 0.29) is 0 Å². The number of hydrogen-bond donors (Lipinski definition) is 0. The summed E-state index contributed by atoms with van der Waals surface area (Å²) < 4.78 is 0. The molecule has 0 saturated carbocycles. The summed E-state index contributed by atoms with van der Waals surface area (Å²) in [7, 11) is 0. The zero-order valence-corrected chi connectivity index (χ0v) is 62.6. The van der Waals surface area contributed by atoms with Gasteiger partial charge in [-0.25, -0.2) is 0 Å². The SMILES string of the molecule is CCCCCCc1ccc(-c2cc(C)c3ccc4c(-c5ccc(CCCCCC)cc5)cc(C)c5ccc2c3c54)cc1.Cc1cc(CCC(C)CCCC(C)C)c2ccc3c(C)cc(CCC(C)CCCC(C)C)c4ccc1c2c34.Cc1cc2ccc3cc(C)cc4ccc(c1)c2c34. The van der Waals surface area contributed by atoms with Crippen LogP contribution in [0.25, 0.3) is 119 Å². The molecule has 506 valence electrons. The van der Waals surface area contributed by atoms with Gasteiger partial charge in [0, 0.05) is 0 Å². The predicted octanol–water partition coefficient (Wildman–Crippen LogP) is 30.0. The Morgan fingerprint density at radius 2 is 0.571 bits per heavy atom. The van der Waals surface area contributed by atoms with Crippen LogP contribution in [-0.2, 0) is 25.7 Å². The molecule has 0 bridgehead atoms. The van der Waals surface area contributed by atoms with Crippen LogP contribution in [-0.4, -0.2) is 0 Å². The highest BCUT2D eigenvalue weighted by molar-refractivity contribution is 6.29. The smallest absolute Gasteiger partial charge is 0.00176 e. The Morgan fingerprint density at radius 1 is 0.255 bits per heavy atom. The van der Waals surface area contributed by atoms with Crippen molar-refractivity contribution in [2.75, 3.05) is 0 Å². The third-order valence-electron chi connectivity index (χ3n) is 22.6. The number of rotatable bonds is 26. The molecule has 14 aromatic carbocycles. The monoisotopic (exact) mass is 1290 g/mol. The molecule has 2 atom stereocenters. The molecule has 14 rings (SSSR count). The average molecular weight is 1290 g/mol. The van der Waals surface area contributed by atoms with E-state index in [0.717, 1.165) is 23.7 Å². The van der Waals surface area contributed by atoms with Crippen molar-refractivity contribution in [3.05, 3.63) is 225 Å². The molecule has 0 nitrogen and oxygen atoms in total. The summed E-state index contributed by atoms with van der Waals surface area (Å²) in [6.45, 7) is 32.4. The van der Waals surface area contributed by atoms with Gasteiger partial charge >= 0.3 is 0 Å². The third kappa shape index (κ3) is 15.5. The van der Waals surface area contributed by atoms with Gasteiger partial charge in [-0.05, 0) is 291 Å². The second-order valence-electron chi connectivity index (χ2n) is 31.6. The van der Waals surface area contributed by atoms with E-state index in [1.165, 1.54) is 292 Å². The molecule has 0 aromatic heterocycles. The van der Waals surface area contributed by atoms with E-state index in [9.17, 15) is 0 Å². The standard InChI is InChI=1S/C42H46.C38H54.C18H14/c1-5-7-9-11-13-31-15-19-33(20-16-31)39-27-29(3)35-24-26-38-40(28-30(4)36-23-25-37(39)41(35)42(36)38)34-21-17-32(18-22-34)14-12-10-8-6-2;1-25(2)11-9-13-27(5)15-17-31-23-29(7)33-20-22-36-32(18-16-28(6)14-10-12-26(3)4)24-30(8)34-19-21-35(31)37(33)38(34)36;1-11-7-13-3-5-15-9-12(2)10-16-6-4-14(8-11)17(13)18(15)16/h15-28H,5-14H2,1-4H3;19-28H,9-18H2,1-8H3;3-10H,1-2H3. The Kier molecular flexibility index (Phi) is 22.6. The molecule has 0 aliphatic heterocycles. The first-order chi connectivity index (χ1) is 47.5. The molecule has 0 heteroatoms. The predicted molar refractivity (Wildman–Crippen MR) is 438 cm³/mol. The Morgan fingerprint density at radius 3 is 0.908 bits per heavy atom. The molecule has 0 heterocycles. The van der Waals surface area contributed by atoms with E-state index < -0.39 is 0 Å². The Balaban J connectivity index is 0.000000150. The summed E-state index contributed by atoms with van der Waals surface area (Å²) >= 11 is 0. The summed E-state index contributed by atoms with van der Waals surface area (Å²) in [6, 6.07) is 65.9. The van der Waals surface area contributed by atoms with Crippen LogP contribution in [0.3, 0.4) is 0 Å². The van der Waals surface area contributed by atoms with Gasteiger partial charge in [-0.15, -0.1) is 0 Å². The summed E-state index contributed by atoms with van der Waals surface area (Å²) in [5.41, 5.74) is 19.6. The molecule has 14 aromatic rings. The number of unbranched alkanes of at least 4 members (excludes halogenated alkanes) is 6. The van der Waals surface area contributed by atoms with Crippen LogP contribution in [0.2, 0.25) is 0 Å². The maximum Gasteiger partial charge on any atom is -0.00176 e. The van der Waals surface area contributed by atoms with Crippen molar-refractivity contribution in [1.29, 1.82) is 0 Å². The van der Waals surface area contributed by atoms with Gasteiger partial charge in [-0.1, -0.05) is 302 Å². The van der Waals surface area contributed by atoms with Crippen LogP contribution in [0.4, 0.5) is 0 Å². The molecule has 0 radical (unpaired) electrons. The van der Waals surface area contributed by atoms with Crippen molar-refractivity contribution < 1.29 is 0 Å². The maximum absolute atomic E-state index is 2.50. The fourth-order valence-corrected chi connectivity index (χ4v) is 17.0. The minimum absolute atomic E-state index is 0.795. The summed E-state index contributed by atoms with van der Waals surface area (Å²) in [5.74, 6) is 3.24. The maximum atomic E-state index is 2.50. The molecular weight excluding hydrogens is 1180 g/mol. The van der Waals surface area contributed by atoms with Crippen molar-refractivity contribution in [3.63, 3.8) is 0 Å². The Hall–Kier alpha value is -7.80. The highest BCUT2D eigenvalue weighted by atomic mass is 14.2. The molecular formula is C98H114. The van der Waals surface area contributed by atoms with Crippen molar-refractivity contribution >= 4 is 97.0 Å². The summed E-state index contributed by atoms with van der Waals surface area (Å²) in [5, 5.41) is 25.5. The van der Waals surface area contributed by atoms with Crippen LogP contribution >= 0.6 is 0 Å². The first-order valence-electron chi connectivity index (χ1n) is 38.7. The quantitative estimate of drug-likeness (QED) is 0.0374. The van der Waals surface area contributed by atoms with E-state index >= 15 is 0 Å². The largest absolute Gasteiger partial charge is 0.0654 e. The van der Waals surface area contributed by atoms with Gasteiger partial charge in [0.25, 0.3) is 0 Å². The number of hydrogen-bond acceptors (Lipinski definition) is 0. The molecule has 0 spiro atoms. The van der Waals surface area contributed by atoms with Gasteiger partial charge in [0.2, 0.25) is 0 Å². The molecule has 0 N–H and O–H groups in total. The molecule has 0 amide bonds. The number of benzene rings is 14. The fourth-order valence-electron chi connectivity index (χ4n) is 17.0. The minimum atomic E-state index is 0.795. The van der Waals surface area contributed by atoms with E-state index in [0.29, 0.717) is 0 Å². The second-order valence-corrected chi connectivity index (χ2v) is 31.6. The third-order valence-corrected chi connectivity index (χ3v) is 22.6. The zero-order chi connectivity index (χ0) is 68.7. The van der Waals surface area contributed by atoms with Crippen molar-refractivity contribution in [1.82, 2.24) is 0 Å². The average Bonchev–Trinajstić information content (AvgIpc) is 0.731. The minimum Gasteiger partial charge on any atom is -0.0654 e. The fraction of sp³-hybridized carbons (Fsp3) is 0.388. The Labute approximate surface area is 590 Å². The second kappa shape index (κ2) is 31.6. The molecule has 98 heavy (non-hydrogen) atoms. The van der Waals surface area contributed by atoms with Crippen LogP contribution in [0.15, 0.2) is 170 Å². The van der Waals surface area contributed by atoms with E-state index in [1.807, 2.05) is 0 Å². The highest BCUT2D eigenvalue weighted by Gasteiger charge is 2.21. The van der Waals surface area contributed by atoms with Crippen molar-refractivity contribution in [2.24, 2.45) is 23.7 Å². The van der Waals surface area contributed by atoms with Crippen LogP contribution in [0.1, 0.15) is 214 Å². The van der Waals surface area contributed by atoms with Crippen LogP contribution < -0.4 is 0 Å². The van der Waals surface area contributed by atoms with Crippen LogP contribution in [0.5, 0.6) is 0 Å². The lowest BCUT2D eigenvalue weighted by Gasteiger charge is -2.20. The first kappa shape index (κ1) is 70.1. The molecule has 0 aliphatic rings. The van der Waals surface area contributed by atoms with Gasteiger partial charge in [0.15, 0.2) is 0 Å². The van der Waals surface area contributed by atoms with Gasteiger partial charge in [0.1, 0.15) is 0 Å². The normalized spacial score (nSPS) is 12.7. The lowest BCUT2D eigenvalue weighted by atomic mass is 9.84. The Bertz CT molecular complexity index is 4590. The van der Waals surface area contributed by atoms with Gasteiger partial charge in [-0.3, -0.25) is 0 Å². The number of aryl methyl sites for hydroxylation is 10. The lowest BCUT2D eigenvalue weighted by Crippen LogP contribution is -2.02. The zero-order valence-electron chi connectivity index (χ0n) is 62.6. The molecule has 0 fully saturated rings. The first-order valence-corrected chi connectivity index (χ1v) is 38.7. The van der Waals surface area contributed by atoms with E-state index in [4.69, 9.17) is 0 Å². The van der Waals surface area contributed by atoms with Gasteiger partial charge < -0.3 is 0 Å². The summed E-state index contributed by atoms with van der Waals surface area (Å²) in [6.07, 6.45) is 26.0. The molecule has 0 aliphatic carbocycles. The summed E-state index contributed by atoms with van der Waals surface area (Å²) in [4.78, 5) is 0. The molecule has 2 unspecified atom stereocenters. The topological polar surface area (TPSA) is 0 Å². The molecule has 0 saturated heterocycles. The van der Waals surface area contributed by atoms with Crippen molar-refractivity contribution in [2.45, 2.75) is 225 Å². The van der Waals surface area contributed by atoms with Crippen molar-refractivity contribution in [3.8, 4) is 22.3 Å². The lowest BCUT2D eigenvalue weighted by molar-refractivity contribution is 0.437. The van der Waals surface area contributed by atoms with E-state index in [1.54, 1.807) is 11.1 Å². The highest BCUT2D eigenvalue weighted by Crippen LogP contribution is 2.46. The van der Waals surface area contributed by atoms with E-state index in [2.05, 4.69) is 267 Å².